The van der Waals surface area contributed by atoms with Crippen LogP contribution in [-0.2, 0) is 4.74 Å². The SMILES string of the molecule is CCNC(=NCC1(CCOC)CCC1)NCC(O)c1ccc(OC)cc1. The highest BCUT2D eigenvalue weighted by Gasteiger charge is 2.36. The molecular formula is C20H33N3O3. The van der Waals surface area contributed by atoms with Crippen LogP contribution in [0.15, 0.2) is 29.3 Å². The molecule has 0 spiro atoms. The van der Waals surface area contributed by atoms with E-state index in [4.69, 9.17) is 14.5 Å². The van der Waals surface area contributed by atoms with Crippen molar-refractivity contribution in [2.75, 3.05) is 40.5 Å². The molecule has 0 heterocycles. The minimum atomic E-state index is -0.601. The first-order valence-electron chi connectivity index (χ1n) is 9.45. The first-order valence-corrected chi connectivity index (χ1v) is 9.45. The highest BCUT2D eigenvalue weighted by Crippen LogP contribution is 2.44. The van der Waals surface area contributed by atoms with E-state index < -0.39 is 6.10 Å². The Morgan fingerprint density at radius 3 is 2.50 bits per heavy atom. The summed E-state index contributed by atoms with van der Waals surface area (Å²) in [5, 5.41) is 16.9. The van der Waals surface area contributed by atoms with Crippen molar-refractivity contribution in [1.29, 1.82) is 0 Å². The summed E-state index contributed by atoms with van der Waals surface area (Å²) in [6.45, 7) is 4.82. The summed E-state index contributed by atoms with van der Waals surface area (Å²) < 4.78 is 10.4. The number of hydrogen-bond acceptors (Lipinski definition) is 4. The summed E-state index contributed by atoms with van der Waals surface area (Å²) in [6, 6.07) is 7.47. The topological polar surface area (TPSA) is 75.1 Å². The molecule has 1 fully saturated rings. The van der Waals surface area contributed by atoms with Gasteiger partial charge in [0.25, 0.3) is 0 Å². The Labute approximate surface area is 157 Å². The van der Waals surface area contributed by atoms with Crippen LogP contribution in [0.4, 0.5) is 0 Å². The Bertz CT molecular complexity index is 556. The minimum absolute atomic E-state index is 0.285. The van der Waals surface area contributed by atoms with Crippen LogP contribution in [0.2, 0.25) is 0 Å². The second-order valence-corrected chi connectivity index (χ2v) is 6.96. The Morgan fingerprint density at radius 2 is 1.96 bits per heavy atom. The number of benzene rings is 1. The van der Waals surface area contributed by atoms with Gasteiger partial charge in [-0.1, -0.05) is 18.6 Å². The largest absolute Gasteiger partial charge is 0.497 e. The lowest BCUT2D eigenvalue weighted by Gasteiger charge is -2.40. The van der Waals surface area contributed by atoms with Crippen LogP contribution in [0, 0.1) is 5.41 Å². The van der Waals surface area contributed by atoms with E-state index in [9.17, 15) is 5.11 Å². The molecule has 0 amide bonds. The third-order valence-electron chi connectivity index (χ3n) is 5.13. The van der Waals surface area contributed by atoms with E-state index in [1.54, 1.807) is 14.2 Å². The summed E-state index contributed by atoms with van der Waals surface area (Å²) in [5.74, 6) is 1.54. The molecule has 26 heavy (non-hydrogen) atoms. The van der Waals surface area contributed by atoms with E-state index in [1.807, 2.05) is 31.2 Å². The third-order valence-corrected chi connectivity index (χ3v) is 5.13. The molecule has 146 valence electrons. The molecule has 2 rings (SSSR count). The number of nitrogens with one attached hydrogen (secondary N) is 2. The number of methoxy groups -OCH3 is 2. The fourth-order valence-corrected chi connectivity index (χ4v) is 3.21. The van der Waals surface area contributed by atoms with E-state index >= 15 is 0 Å². The molecule has 0 aromatic heterocycles. The lowest BCUT2D eigenvalue weighted by atomic mass is 9.67. The third kappa shape index (κ3) is 5.88. The number of aliphatic hydroxyl groups excluding tert-OH is 1. The van der Waals surface area contributed by atoms with Gasteiger partial charge in [-0.25, -0.2) is 0 Å². The summed E-state index contributed by atoms with van der Waals surface area (Å²) in [4.78, 5) is 4.76. The lowest BCUT2D eigenvalue weighted by molar-refractivity contribution is 0.0778. The maximum absolute atomic E-state index is 10.4. The van der Waals surface area contributed by atoms with Gasteiger partial charge in [0.2, 0.25) is 0 Å². The number of rotatable bonds is 10. The molecule has 1 aliphatic rings. The molecule has 6 heteroatoms. The zero-order valence-electron chi connectivity index (χ0n) is 16.3. The first-order chi connectivity index (χ1) is 12.6. The van der Waals surface area contributed by atoms with Gasteiger partial charge in [0.15, 0.2) is 5.96 Å². The Kier molecular flexibility index (Phi) is 8.19. The molecule has 1 atom stereocenters. The summed E-state index contributed by atoms with van der Waals surface area (Å²) in [6.07, 6.45) is 4.16. The van der Waals surface area contributed by atoms with Gasteiger partial charge in [0, 0.05) is 33.4 Å². The van der Waals surface area contributed by atoms with Crippen molar-refractivity contribution in [2.45, 2.75) is 38.7 Å². The van der Waals surface area contributed by atoms with Crippen molar-refractivity contribution in [3.8, 4) is 5.75 Å². The molecule has 1 unspecified atom stereocenters. The molecule has 0 bridgehead atoms. The van der Waals surface area contributed by atoms with Crippen molar-refractivity contribution in [3.63, 3.8) is 0 Å². The van der Waals surface area contributed by atoms with Gasteiger partial charge in [0.05, 0.1) is 13.2 Å². The van der Waals surface area contributed by atoms with Crippen molar-refractivity contribution in [2.24, 2.45) is 10.4 Å². The van der Waals surface area contributed by atoms with Gasteiger partial charge in [-0.15, -0.1) is 0 Å². The minimum Gasteiger partial charge on any atom is -0.497 e. The van der Waals surface area contributed by atoms with E-state index in [2.05, 4.69) is 10.6 Å². The van der Waals surface area contributed by atoms with E-state index in [0.717, 1.165) is 43.4 Å². The second kappa shape index (κ2) is 10.4. The molecular weight excluding hydrogens is 330 g/mol. The molecule has 1 aromatic carbocycles. The van der Waals surface area contributed by atoms with Gasteiger partial charge >= 0.3 is 0 Å². The van der Waals surface area contributed by atoms with Gasteiger partial charge in [0.1, 0.15) is 5.75 Å². The summed E-state index contributed by atoms with van der Waals surface area (Å²) in [5.41, 5.74) is 1.14. The number of nitrogens with zero attached hydrogens (tertiary/aromatic N) is 1. The Balaban J connectivity index is 1.89. The van der Waals surface area contributed by atoms with Crippen LogP contribution < -0.4 is 15.4 Å². The molecule has 1 saturated carbocycles. The molecule has 6 nitrogen and oxygen atoms in total. The zero-order valence-corrected chi connectivity index (χ0v) is 16.3. The lowest BCUT2D eigenvalue weighted by Crippen LogP contribution is -2.41. The number of aliphatic hydroxyl groups is 1. The predicted octanol–water partition coefficient (Wildman–Crippen LogP) is 2.49. The van der Waals surface area contributed by atoms with Crippen molar-refractivity contribution < 1.29 is 14.6 Å². The Morgan fingerprint density at radius 1 is 1.23 bits per heavy atom. The maximum atomic E-state index is 10.4. The van der Waals surface area contributed by atoms with Crippen LogP contribution in [0.1, 0.15) is 44.3 Å². The van der Waals surface area contributed by atoms with E-state index in [0.29, 0.717) is 6.54 Å². The van der Waals surface area contributed by atoms with Crippen LogP contribution in [0.3, 0.4) is 0 Å². The van der Waals surface area contributed by atoms with Crippen LogP contribution >= 0.6 is 0 Å². The standard InChI is InChI=1S/C20H33N3O3/c1-4-21-19(23-15-20(10-5-11-20)12-13-25-2)22-14-18(24)16-6-8-17(26-3)9-7-16/h6-9,18,24H,4-5,10-15H2,1-3H3,(H2,21,22,23). The van der Waals surface area contributed by atoms with E-state index in [1.165, 1.54) is 19.3 Å². The maximum Gasteiger partial charge on any atom is 0.191 e. The predicted molar refractivity (Wildman–Crippen MR) is 105 cm³/mol. The molecule has 0 aliphatic heterocycles. The Hall–Kier alpha value is -1.79. The van der Waals surface area contributed by atoms with Crippen LogP contribution in [-0.4, -0.2) is 51.5 Å². The van der Waals surface area contributed by atoms with Crippen molar-refractivity contribution in [3.05, 3.63) is 29.8 Å². The number of hydrogen-bond donors (Lipinski definition) is 3. The fraction of sp³-hybridized carbons (Fsp3) is 0.650. The van der Waals surface area contributed by atoms with Gasteiger partial charge in [-0.3, -0.25) is 4.99 Å². The van der Waals surface area contributed by atoms with Crippen LogP contribution in [0.25, 0.3) is 0 Å². The average Bonchev–Trinajstić information content (AvgIpc) is 2.64. The number of aliphatic imine (C=N–C) groups is 1. The van der Waals surface area contributed by atoms with Crippen LogP contribution in [0.5, 0.6) is 5.75 Å². The zero-order chi connectivity index (χ0) is 18.8. The first kappa shape index (κ1) is 20.5. The van der Waals surface area contributed by atoms with Crippen molar-refractivity contribution >= 4 is 5.96 Å². The monoisotopic (exact) mass is 363 g/mol. The van der Waals surface area contributed by atoms with Crippen molar-refractivity contribution in [1.82, 2.24) is 10.6 Å². The number of guanidine groups is 1. The smallest absolute Gasteiger partial charge is 0.191 e. The van der Waals surface area contributed by atoms with Gasteiger partial charge in [-0.2, -0.15) is 0 Å². The molecule has 0 radical (unpaired) electrons. The normalized spacial score (nSPS) is 17.3. The van der Waals surface area contributed by atoms with Gasteiger partial charge in [-0.05, 0) is 49.3 Å². The number of ether oxygens (including phenoxy) is 2. The molecule has 0 saturated heterocycles. The quantitative estimate of drug-likeness (QED) is 0.440. The molecule has 3 N–H and O–H groups in total. The molecule has 1 aliphatic carbocycles. The van der Waals surface area contributed by atoms with E-state index in [-0.39, 0.29) is 5.41 Å². The second-order valence-electron chi connectivity index (χ2n) is 6.96. The fourth-order valence-electron chi connectivity index (χ4n) is 3.21. The highest BCUT2D eigenvalue weighted by molar-refractivity contribution is 5.79. The average molecular weight is 364 g/mol. The highest BCUT2D eigenvalue weighted by atomic mass is 16.5. The summed E-state index contributed by atoms with van der Waals surface area (Å²) in [7, 11) is 3.38. The summed E-state index contributed by atoms with van der Waals surface area (Å²) >= 11 is 0. The van der Waals surface area contributed by atoms with Gasteiger partial charge < -0.3 is 25.2 Å². The molecule has 1 aromatic rings.